The molecule has 0 saturated carbocycles. The number of hydrogen-bond donors (Lipinski definition) is 0. The molecule has 15 heavy (non-hydrogen) atoms. The molecule has 0 N–H and O–H groups in total. The molecule has 0 heterocycles. The molecule has 3 heteroatoms. The molecular weight excluding hydrogens is 230 g/mol. The van der Waals surface area contributed by atoms with Gasteiger partial charge in [-0.3, -0.25) is 0 Å². The summed E-state index contributed by atoms with van der Waals surface area (Å²) in [4.78, 5) is 0. The Morgan fingerprint density at radius 3 is 2.13 bits per heavy atom. The Morgan fingerprint density at radius 2 is 1.53 bits per heavy atom. The van der Waals surface area contributed by atoms with Crippen LogP contribution in [-0.4, -0.2) is 0 Å². The van der Waals surface area contributed by atoms with Gasteiger partial charge in [-0.05, 0) is 17.7 Å². The maximum absolute atomic E-state index is 13.2. The van der Waals surface area contributed by atoms with E-state index >= 15 is 0 Å². The van der Waals surface area contributed by atoms with Gasteiger partial charge in [0.2, 0.25) is 0 Å². The fraction of sp³-hybridized carbons (Fsp3) is 0. The van der Waals surface area contributed by atoms with Crippen molar-refractivity contribution in [2.45, 2.75) is 0 Å². The maximum Gasteiger partial charge on any atom is 0.142 e. The largest absolute Gasteiger partial charge is 0.206 e. The molecule has 0 atom stereocenters. The van der Waals surface area contributed by atoms with Gasteiger partial charge in [0.1, 0.15) is 11.6 Å². The van der Waals surface area contributed by atoms with E-state index in [1.54, 1.807) is 24.3 Å². The van der Waals surface area contributed by atoms with Gasteiger partial charge in [-0.2, -0.15) is 0 Å². The van der Waals surface area contributed by atoms with Gasteiger partial charge in [0.15, 0.2) is 0 Å². The van der Waals surface area contributed by atoms with Crippen LogP contribution >= 0.6 is 0 Å². The molecule has 0 spiro atoms. The molecule has 0 aliphatic carbocycles. The van der Waals surface area contributed by atoms with Crippen molar-refractivity contribution >= 4 is 0 Å². The minimum Gasteiger partial charge on any atom is -0.206 e. The van der Waals surface area contributed by atoms with Crippen LogP contribution in [0.1, 0.15) is 0 Å². The maximum atomic E-state index is 13.2. The molecule has 0 aromatic heterocycles. The molecule has 2 rings (SSSR count). The summed E-state index contributed by atoms with van der Waals surface area (Å²) in [6.45, 7) is 0. The van der Waals surface area contributed by atoms with Crippen LogP contribution in [0.2, 0.25) is 0 Å². The summed E-state index contributed by atoms with van der Waals surface area (Å²) in [6, 6.07) is 13.6. The first-order valence-electron chi connectivity index (χ1n) is 4.20. The number of benzene rings is 2. The quantitative estimate of drug-likeness (QED) is 0.666. The van der Waals surface area contributed by atoms with Crippen LogP contribution < -0.4 is 0 Å². The first-order chi connectivity index (χ1) is 6.77. The SMILES string of the molecule is Fc1[c]c(F)c(-c2ccccc2)cc1.[Ti]. The van der Waals surface area contributed by atoms with Crippen LogP contribution in [-0.2, 0) is 21.7 Å². The molecule has 73 valence electrons. The van der Waals surface area contributed by atoms with Crippen molar-refractivity contribution in [1.29, 1.82) is 0 Å². The summed E-state index contributed by atoms with van der Waals surface area (Å²) < 4.78 is 25.8. The second kappa shape index (κ2) is 5.20. The van der Waals surface area contributed by atoms with Crippen molar-refractivity contribution < 1.29 is 30.5 Å². The van der Waals surface area contributed by atoms with Crippen molar-refractivity contribution in [3.05, 3.63) is 60.2 Å². The van der Waals surface area contributed by atoms with Crippen LogP contribution in [0.5, 0.6) is 0 Å². The van der Waals surface area contributed by atoms with E-state index in [0.717, 1.165) is 5.56 Å². The Hall–Kier alpha value is -0.986. The molecule has 1 radical (unpaired) electrons. The zero-order chi connectivity index (χ0) is 9.97. The van der Waals surface area contributed by atoms with Gasteiger partial charge in [0, 0.05) is 27.3 Å². The van der Waals surface area contributed by atoms with Crippen molar-refractivity contribution in [1.82, 2.24) is 0 Å². The predicted molar refractivity (Wildman–Crippen MR) is 50.6 cm³/mol. The Kier molecular flexibility index (Phi) is 4.19. The third-order valence-corrected chi connectivity index (χ3v) is 1.95. The van der Waals surface area contributed by atoms with Gasteiger partial charge < -0.3 is 0 Å². The third-order valence-electron chi connectivity index (χ3n) is 1.95. The van der Waals surface area contributed by atoms with E-state index in [1.807, 2.05) is 12.1 Å². The van der Waals surface area contributed by atoms with E-state index in [4.69, 9.17) is 0 Å². The molecule has 2 aromatic carbocycles. The monoisotopic (exact) mass is 237 g/mol. The van der Waals surface area contributed by atoms with E-state index in [2.05, 4.69) is 0 Å². The van der Waals surface area contributed by atoms with Gasteiger partial charge in [-0.25, -0.2) is 8.78 Å². The fourth-order valence-corrected chi connectivity index (χ4v) is 1.28. The number of halogens is 2. The molecule has 0 bridgehead atoms. The topological polar surface area (TPSA) is 0 Å². The van der Waals surface area contributed by atoms with E-state index in [0.29, 0.717) is 5.56 Å². The summed E-state index contributed by atoms with van der Waals surface area (Å²) in [5, 5.41) is 0. The van der Waals surface area contributed by atoms with Crippen LogP contribution in [0.4, 0.5) is 8.78 Å². The Bertz CT molecular complexity index is 441. The standard InChI is InChI=1S/C12H7F2.Ti/c13-10-6-7-11(12(14)8-10)9-4-2-1-3-5-9;/h1-7H;. The second-order valence-corrected chi connectivity index (χ2v) is 2.90. The van der Waals surface area contributed by atoms with E-state index in [-0.39, 0.29) is 21.7 Å². The third kappa shape index (κ3) is 2.74. The van der Waals surface area contributed by atoms with Gasteiger partial charge in [0.25, 0.3) is 0 Å². The van der Waals surface area contributed by atoms with E-state index in [9.17, 15) is 8.78 Å². The average molecular weight is 237 g/mol. The van der Waals surface area contributed by atoms with Crippen LogP contribution in [0.15, 0.2) is 42.5 Å². The van der Waals surface area contributed by atoms with Crippen molar-refractivity contribution in [2.75, 3.05) is 0 Å². The summed E-state index contributed by atoms with van der Waals surface area (Å²) in [5.41, 5.74) is 1.09. The van der Waals surface area contributed by atoms with Crippen molar-refractivity contribution in [2.24, 2.45) is 0 Å². The number of hydrogen-bond acceptors (Lipinski definition) is 0. The molecule has 0 nitrogen and oxygen atoms in total. The van der Waals surface area contributed by atoms with Crippen molar-refractivity contribution in [3.63, 3.8) is 0 Å². The molecule has 0 unspecified atom stereocenters. The minimum absolute atomic E-state index is 0. The fourth-order valence-electron chi connectivity index (χ4n) is 1.28. The molecule has 0 amide bonds. The first-order valence-corrected chi connectivity index (χ1v) is 4.20. The zero-order valence-electron chi connectivity index (χ0n) is 7.80. The first kappa shape index (κ1) is 12.1. The minimum atomic E-state index is -0.679. The molecule has 0 aliphatic heterocycles. The Labute approximate surface area is 102 Å². The van der Waals surface area contributed by atoms with Crippen LogP contribution in [0.25, 0.3) is 11.1 Å². The second-order valence-electron chi connectivity index (χ2n) is 2.90. The van der Waals surface area contributed by atoms with Gasteiger partial charge in [-0.1, -0.05) is 30.3 Å². The average Bonchev–Trinajstić information content (AvgIpc) is 2.19. The Balaban J connectivity index is 0.00000112. The summed E-state index contributed by atoms with van der Waals surface area (Å²) in [7, 11) is 0. The normalized spacial score (nSPS) is 9.47. The summed E-state index contributed by atoms with van der Waals surface area (Å²) in [6.07, 6.45) is 0. The number of rotatable bonds is 1. The predicted octanol–water partition coefficient (Wildman–Crippen LogP) is 3.43. The molecule has 0 fully saturated rings. The molecule has 2 aromatic rings. The summed E-state index contributed by atoms with van der Waals surface area (Å²) >= 11 is 0. The Morgan fingerprint density at radius 1 is 0.867 bits per heavy atom. The van der Waals surface area contributed by atoms with E-state index < -0.39 is 11.6 Å². The van der Waals surface area contributed by atoms with Crippen molar-refractivity contribution in [3.8, 4) is 11.1 Å². The summed E-state index contributed by atoms with van der Waals surface area (Å²) in [5.74, 6) is -1.33. The van der Waals surface area contributed by atoms with E-state index in [1.165, 1.54) is 12.1 Å². The van der Waals surface area contributed by atoms with Gasteiger partial charge in [-0.15, -0.1) is 0 Å². The molecular formula is C12H7F2Ti. The van der Waals surface area contributed by atoms with Gasteiger partial charge in [0.05, 0.1) is 6.07 Å². The van der Waals surface area contributed by atoms with Crippen LogP contribution in [0.3, 0.4) is 0 Å². The molecule has 0 aliphatic rings. The smallest absolute Gasteiger partial charge is 0.142 e. The van der Waals surface area contributed by atoms with Crippen LogP contribution in [0, 0.1) is 17.7 Å². The van der Waals surface area contributed by atoms with Gasteiger partial charge >= 0.3 is 0 Å². The zero-order valence-corrected chi connectivity index (χ0v) is 9.36. The molecule has 0 saturated heterocycles.